The summed E-state index contributed by atoms with van der Waals surface area (Å²) >= 11 is 14.6. The van der Waals surface area contributed by atoms with Gasteiger partial charge in [-0.25, -0.2) is 4.79 Å². The number of carbonyl (C=O) groups is 4. The van der Waals surface area contributed by atoms with Gasteiger partial charge >= 0.3 is 6.09 Å². The number of fused-ring (bicyclic) bond motifs is 6. The van der Waals surface area contributed by atoms with Gasteiger partial charge in [0.1, 0.15) is 12.4 Å². The average molecular weight is 788 g/mol. The van der Waals surface area contributed by atoms with E-state index in [0.717, 1.165) is 54.5 Å². The molecule has 280 valence electrons. The molecule has 1 aromatic heterocycles. The molecule has 54 heavy (non-hydrogen) atoms. The number of rotatable bonds is 12. The van der Waals surface area contributed by atoms with E-state index < -0.39 is 18.1 Å². The molecule has 0 radical (unpaired) electrons. The average Bonchev–Trinajstić information content (AvgIpc) is 3.86. The van der Waals surface area contributed by atoms with Crippen LogP contribution in [0.2, 0.25) is 0 Å². The zero-order valence-corrected chi connectivity index (χ0v) is 32.2. The number of nitrogens with zero attached hydrogens (tertiary/aromatic N) is 2. The van der Waals surface area contributed by atoms with E-state index in [2.05, 4.69) is 17.6 Å². The smallest absolute Gasteiger partial charge is 0.405 e. The summed E-state index contributed by atoms with van der Waals surface area (Å²) < 4.78 is 12.3. The van der Waals surface area contributed by atoms with Crippen molar-refractivity contribution < 1.29 is 28.7 Å². The van der Waals surface area contributed by atoms with Gasteiger partial charge in [-0.3, -0.25) is 14.4 Å². The largest absolute Gasteiger partial charge is 0.487 e. The molecule has 4 amide bonds. The molecule has 0 saturated carbocycles. The Morgan fingerprint density at radius 3 is 2.15 bits per heavy atom. The van der Waals surface area contributed by atoms with Crippen LogP contribution in [-0.4, -0.2) is 54.8 Å². The van der Waals surface area contributed by atoms with Gasteiger partial charge in [-0.1, -0.05) is 54.6 Å². The molecule has 0 fully saturated rings. The zero-order chi connectivity index (χ0) is 38.1. The van der Waals surface area contributed by atoms with Crippen molar-refractivity contribution in [2.24, 2.45) is 5.73 Å². The summed E-state index contributed by atoms with van der Waals surface area (Å²) in [5.74, 6) is 0.425. The first-order valence-corrected chi connectivity index (χ1v) is 19.8. The van der Waals surface area contributed by atoms with Gasteiger partial charge in [-0.05, 0) is 59.4 Å². The molecule has 0 aliphatic carbocycles. The number of alkyl halides is 2. The topological polar surface area (TPSA) is 131 Å². The van der Waals surface area contributed by atoms with Gasteiger partial charge in [0.25, 0.3) is 5.91 Å². The van der Waals surface area contributed by atoms with Crippen molar-refractivity contribution in [1.82, 2.24) is 0 Å². The number of aryl methyl sites for hydroxylation is 1. The third-order valence-corrected chi connectivity index (χ3v) is 12.1. The lowest BCUT2D eigenvalue weighted by atomic mass is 9.95. The van der Waals surface area contributed by atoms with Gasteiger partial charge in [-0.2, -0.15) is 0 Å². The maximum absolute atomic E-state index is 14.0. The predicted molar refractivity (Wildman–Crippen MR) is 216 cm³/mol. The van der Waals surface area contributed by atoms with Crippen molar-refractivity contribution in [3.8, 4) is 5.75 Å². The number of primary amides is 1. The fourth-order valence-electron chi connectivity index (χ4n) is 7.64. The van der Waals surface area contributed by atoms with E-state index in [1.165, 1.54) is 6.92 Å². The highest BCUT2D eigenvalue weighted by atomic mass is 35.5. The number of amides is 4. The van der Waals surface area contributed by atoms with Crippen molar-refractivity contribution in [1.29, 1.82) is 0 Å². The van der Waals surface area contributed by atoms with Gasteiger partial charge in [-0.15, -0.1) is 34.5 Å². The molecule has 7 rings (SSSR count). The van der Waals surface area contributed by atoms with Crippen molar-refractivity contribution >= 4 is 96.3 Å². The molecular weight excluding hydrogens is 747 g/mol. The highest BCUT2D eigenvalue weighted by molar-refractivity contribution is 7.17. The molecule has 0 bridgehead atoms. The Labute approximate surface area is 327 Å². The monoisotopic (exact) mass is 786 g/mol. The summed E-state index contributed by atoms with van der Waals surface area (Å²) in [4.78, 5) is 55.6. The van der Waals surface area contributed by atoms with E-state index in [-0.39, 0.29) is 36.5 Å². The Hall–Kier alpha value is -4.84. The van der Waals surface area contributed by atoms with Gasteiger partial charge in [0.15, 0.2) is 6.10 Å². The van der Waals surface area contributed by atoms with Crippen LogP contribution in [0.3, 0.4) is 0 Å². The van der Waals surface area contributed by atoms with Crippen LogP contribution in [0.5, 0.6) is 5.75 Å². The van der Waals surface area contributed by atoms with Crippen LogP contribution in [0.25, 0.3) is 20.9 Å². The van der Waals surface area contributed by atoms with Crippen LogP contribution >= 0.6 is 34.5 Å². The summed E-state index contributed by atoms with van der Waals surface area (Å²) in [6.07, 6.45) is -1.56. The first-order valence-electron chi connectivity index (χ1n) is 17.9. The second-order valence-electron chi connectivity index (χ2n) is 13.7. The van der Waals surface area contributed by atoms with E-state index in [4.69, 9.17) is 38.4 Å². The summed E-state index contributed by atoms with van der Waals surface area (Å²) in [6.45, 7) is 4.73. The molecule has 13 heteroatoms. The van der Waals surface area contributed by atoms with Gasteiger partial charge < -0.3 is 30.3 Å². The molecule has 3 heterocycles. The number of anilines is 3. The second kappa shape index (κ2) is 15.9. The van der Waals surface area contributed by atoms with E-state index in [1.54, 1.807) is 27.2 Å². The number of nitrogens with two attached hydrogens (primary N) is 1. The van der Waals surface area contributed by atoms with Crippen molar-refractivity contribution in [2.45, 2.75) is 57.7 Å². The first kappa shape index (κ1) is 37.5. The number of hydrogen-bond acceptors (Lipinski definition) is 7. The van der Waals surface area contributed by atoms with Gasteiger partial charge in [0.2, 0.25) is 11.8 Å². The number of halogens is 2. The van der Waals surface area contributed by atoms with Crippen LogP contribution in [0.1, 0.15) is 60.3 Å². The third-order valence-electron chi connectivity index (χ3n) is 10.2. The minimum Gasteiger partial charge on any atom is -0.487 e. The summed E-state index contributed by atoms with van der Waals surface area (Å²) in [5.41, 5.74) is 11.2. The van der Waals surface area contributed by atoms with Crippen molar-refractivity contribution in [3.05, 3.63) is 94.4 Å². The molecule has 4 aromatic carbocycles. The Kier molecular flexibility index (Phi) is 11.0. The minimum absolute atomic E-state index is 0.0327. The standard InChI is InChI=1S/C41H40Cl2N4O6S/c1-23-22-54-39-33(52-21-25-9-4-3-5-10-25)16-32-38(36(23)39)27(18-43)20-47(32)35(49)14-8-13-34(48)46-19-26(17-42)37-29-12-7-6-11-28(29)30(15-31(37)46)45-40(50)24(2)53-41(44)51/h3-7,9-12,15-16,22,24,26-27H,8,13-14,17-21H2,1-2H3,(H2,44,51)(H,45,50)/t24?,26-,27?/m1/s1. The summed E-state index contributed by atoms with van der Waals surface area (Å²) in [5, 5.41) is 7.67. The number of ether oxygens (including phenoxy) is 2. The predicted octanol–water partition coefficient (Wildman–Crippen LogP) is 8.57. The zero-order valence-electron chi connectivity index (χ0n) is 29.9. The Morgan fingerprint density at radius 1 is 0.889 bits per heavy atom. The molecule has 5 aromatic rings. The molecule has 0 saturated heterocycles. The van der Waals surface area contributed by atoms with Crippen molar-refractivity contribution in [3.63, 3.8) is 0 Å². The Morgan fingerprint density at radius 2 is 1.50 bits per heavy atom. The highest BCUT2D eigenvalue weighted by Crippen LogP contribution is 2.49. The highest BCUT2D eigenvalue weighted by Gasteiger charge is 2.37. The molecule has 10 nitrogen and oxygen atoms in total. The lowest BCUT2D eigenvalue weighted by Crippen LogP contribution is -2.32. The summed E-state index contributed by atoms with van der Waals surface area (Å²) in [6, 6.07) is 21.3. The molecule has 2 aliphatic heterocycles. The molecule has 3 N–H and O–H groups in total. The SMILES string of the molecule is Cc1csc2c(OCc3ccccc3)cc3c(c12)C(CCl)CN3C(=O)CCCC(=O)N1C[C@@H](CCl)c2c1cc(NC(=O)C(C)OC(N)=O)c1ccccc21. The Balaban J connectivity index is 1.09. The summed E-state index contributed by atoms with van der Waals surface area (Å²) in [7, 11) is 0. The first-order chi connectivity index (χ1) is 26.1. The van der Waals surface area contributed by atoms with Crippen LogP contribution in [-0.2, 0) is 25.7 Å². The molecule has 2 unspecified atom stereocenters. The van der Waals surface area contributed by atoms with Gasteiger partial charge in [0, 0.05) is 72.1 Å². The number of nitrogens with one attached hydrogen (secondary N) is 1. The lowest BCUT2D eigenvalue weighted by Gasteiger charge is -2.21. The fraction of sp³-hybridized carbons (Fsp3) is 0.317. The molecule has 3 atom stereocenters. The lowest BCUT2D eigenvalue weighted by molar-refractivity contribution is -0.123. The fourth-order valence-corrected chi connectivity index (χ4v) is 9.18. The number of carbonyl (C=O) groups excluding carboxylic acids is 4. The minimum atomic E-state index is -1.13. The van der Waals surface area contributed by atoms with Crippen LogP contribution < -0.4 is 25.6 Å². The second-order valence-corrected chi connectivity index (χ2v) is 15.2. The van der Waals surface area contributed by atoms with Crippen LogP contribution in [0, 0.1) is 6.92 Å². The number of hydrogen-bond donors (Lipinski definition) is 2. The van der Waals surface area contributed by atoms with E-state index >= 15 is 0 Å². The van der Waals surface area contributed by atoms with Crippen LogP contribution in [0.4, 0.5) is 21.9 Å². The number of benzene rings is 4. The van der Waals surface area contributed by atoms with E-state index in [1.807, 2.05) is 60.7 Å². The molecule has 2 aliphatic rings. The Bertz CT molecular complexity index is 2260. The third kappa shape index (κ3) is 7.20. The molecule has 0 spiro atoms. The maximum Gasteiger partial charge on any atom is 0.405 e. The normalized spacial score (nSPS) is 16.7. The van der Waals surface area contributed by atoms with E-state index in [0.29, 0.717) is 49.3 Å². The van der Waals surface area contributed by atoms with Crippen LogP contribution in [0.15, 0.2) is 72.1 Å². The van der Waals surface area contributed by atoms with E-state index in [9.17, 15) is 19.2 Å². The number of thiophene rings is 1. The van der Waals surface area contributed by atoms with Gasteiger partial charge in [0.05, 0.1) is 16.1 Å². The molecular formula is C41H40Cl2N4O6S. The maximum atomic E-state index is 14.0. The van der Waals surface area contributed by atoms with Crippen molar-refractivity contribution in [2.75, 3.05) is 40.0 Å². The quantitative estimate of drug-likeness (QED) is 0.122.